The zero-order chi connectivity index (χ0) is 22.2. The van der Waals surface area contributed by atoms with Crippen molar-refractivity contribution in [3.63, 3.8) is 0 Å². The van der Waals surface area contributed by atoms with Gasteiger partial charge in [-0.05, 0) is 38.1 Å². The molecule has 4 heterocycles. The van der Waals surface area contributed by atoms with Crippen molar-refractivity contribution in [2.24, 2.45) is 0 Å². The molecule has 0 amide bonds. The summed E-state index contributed by atoms with van der Waals surface area (Å²) in [4.78, 5) is 42.1. The highest BCUT2D eigenvalue weighted by molar-refractivity contribution is 6.03. The van der Waals surface area contributed by atoms with E-state index in [-0.39, 0.29) is 24.7 Å². The van der Waals surface area contributed by atoms with Gasteiger partial charge in [-0.1, -0.05) is 12.1 Å². The average Bonchev–Trinajstić information content (AvgIpc) is 3.39. The Kier molecular flexibility index (Phi) is 6.99. The van der Waals surface area contributed by atoms with Gasteiger partial charge in [0.15, 0.2) is 11.3 Å². The van der Waals surface area contributed by atoms with Crippen LogP contribution in [0.15, 0.2) is 48.8 Å². The first-order valence-corrected chi connectivity index (χ1v) is 9.50. The summed E-state index contributed by atoms with van der Waals surface area (Å²) in [6.07, 6.45) is 3.08. The second kappa shape index (κ2) is 10.1. The van der Waals surface area contributed by atoms with Crippen LogP contribution in [0.3, 0.4) is 0 Å². The predicted molar refractivity (Wildman–Crippen MR) is 108 cm³/mol. The van der Waals surface area contributed by atoms with E-state index in [1.165, 1.54) is 9.03 Å². The van der Waals surface area contributed by atoms with Crippen LogP contribution in [0.1, 0.15) is 41.5 Å². The van der Waals surface area contributed by atoms with Gasteiger partial charge in [0.1, 0.15) is 6.42 Å². The minimum Gasteiger partial charge on any atom is -0.466 e. The molecule has 11 heteroatoms. The summed E-state index contributed by atoms with van der Waals surface area (Å²) in [6.45, 7) is 4.01. The zero-order valence-electron chi connectivity index (χ0n) is 17.0. The number of aromatic nitrogens is 6. The van der Waals surface area contributed by atoms with Crippen molar-refractivity contribution in [3.05, 3.63) is 60.4 Å². The van der Waals surface area contributed by atoms with Crippen molar-refractivity contribution >= 4 is 29.0 Å². The van der Waals surface area contributed by atoms with Crippen LogP contribution < -0.4 is 0 Å². The molecule has 4 aromatic heterocycles. The van der Waals surface area contributed by atoms with Gasteiger partial charge in [-0.15, -0.1) is 10.2 Å². The predicted octanol–water partition coefficient (Wildman–Crippen LogP) is 1.77. The number of hydrogen-bond acceptors (Lipinski definition) is 9. The van der Waals surface area contributed by atoms with E-state index in [4.69, 9.17) is 4.74 Å². The number of carbonyl (C=O) groups is 3. The monoisotopic (exact) mass is 424 g/mol. The summed E-state index contributed by atoms with van der Waals surface area (Å²) in [5, 5.41) is 7.94. The third-order valence-corrected chi connectivity index (χ3v) is 3.80. The first kappa shape index (κ1) is 21.6. The first-order valence-electron chi connectivity index (χ1n) is 9.50. The number of hydrogen-bond donors (Lipinski definition) is 0. The lowest BCUT2D eigenvalue weighted by Crippen LogP contribution is -2.12. The number of rotatable bonds is 6. The van der Waals surface area contributed by atoms with Gasteiger partial charge < -0.3 is 9.47 Å². The lowest BCUT2D eigenvalue weighted by molar-refractivity contribution is -0.141. The minimum atomic E-state index is -0.559. The minimum absolute atomic E-state index is 0.0317. The second-order valence-electron chi connectivity index (χ2n) is 6.00. The Balaban J connectivity index is 0.000000179. The van der Waals surface area contributed by atoms with Crippen LogP contribution in [0, 0.1) is 0 Å². The van der Waals surface area contributed by atoms with Gasteiger partial charge in [0.05, 0.1) is 13.2 Å². The Morgan fingerprint density at radius 2 is 1.35 bits per heavy atom. The van der Waals surface area contributed by atoms with Gasteiger partial charge in [-0.3, -0.25) is 9.59 Å². The van der Waals surface area contributed by atoms with E-state index >= 15 is 0 Å². The summed E-state index contributed by atoms with van der Waals surface area (Å²) in [5.41, 5.74) is 1.20. The molecule has 31 heavy (non-hydrogen) atoms. The molecule has 0 bridgehead atoms. The molecule has 0 N–H and O–H groups in total. The first-order chi connectivity index (χ1) is 15.0. The SMILES string of the molecule is CCOC(=O)CC(=O)c1nc2ccccn2n1.CCOC(=O)c1nc2ccccn2n1. The molecule has 0 aliphatic carbocycles. The molecule has 0 saturated heterocycles. The number of Topliss-reactive ketones (excluding diaryl/α,β-unsaturated/α-hetero) is 1. The standard InChI is InChI=1S/C11H11N3O3.C9H9N3O2/c1-2-17-10(16)7-8(15)11-12-9-5-3-4-6-14(9)13-11;1-2-14-9(13)8-10-7-5-3-4-6-12(7)11-8/h3-6H,2,7H2,1H3;3-6H,2H2,1H3. The maximum absolute atomic E-state index is 11.7. The van der Waals surface area contributed by atoms with Gasteiger partial charge in [0.25, 0.3) is 5.82 Å². The largest absolute Gasteiger partial charge is 0.466 e. The highest BCUT2D eigenvalue weighted by Crippen LogP contribution is 2.04. The second-order valence-corrected chi connectivity index (χ2v) is 6.00. The van der Waals surface area contributed by atoms with Gasteiger partial charge >= 0.3 is 11.9 Å². The molecule has 0 atom stereocenters. The van der Waals surface area contributed by atoms with Crippen LogP contribution in [-0.4, -0.2) is 60.1 Å². The van der Waals surface area contributed by atoms with Crippen molar-refractivity contribution in [1.29, 1.82) is 0 Å². The number of ether oxygens (including phenoxy) is 2. The van der Waals surface area contributed by atoms with E-state index in [1.807, 2.05) is 12.1 Å². The van der Waals surface area contributed by atoms with E-state index in [1.54, 1.807) is 50.5 Å². The fourth-order valence-corrected chi connectivity index (χ4v) is 2.49. The summed E-state index contributed by atoms with van der Waals surface area (Å²) in [7, 11) is 0. The Bertz CT molecular complexity index is 1150. The molecule has 0 unspecified atom stereocenters. The Morgan fingerprint density at radius 1 is 0.806 bits per heavy atom. The topological polar surface area (TPSA) is 130 Å². The summed E-state index contributed by atoms with van der Waals surface area (Å²) < 4.78 is 12.5. The van der Waals surface area contributed by atoms with Gasteiger partial charge in [0.2, 0.25) is 11.6 Å². The third-order valence-electron chi connectivity index (χ3n) is 3.80. The highest BCUT2D eigenvalue weighted by atomic mass is 16.5. The molecule has 0 aromatic carbocycles. The Labute approximate surface area is 176 Å². The van der Waals surface area contributed by atoms with Crippen molar-refractivity contribution < 1.29 is 23.9 Å². The molecule has 0 saturated carbocycles. The van der Waals surface area contributed by atoms with E-state index in [0.717, 1.165) is 0 Å². The van der Waals surface area contributed by atoms with Crippen LogP contribution >= 0.6 is 0 Å². The summed E-state index contributed by atoms with van der Waals surface area (Å²) in [5.74, 6) is -1.36. The lowest BCUT2D eigenvalue weighted by Gasteiger charge is -1.97. The van der Waals surface area contributed by atoms with Crippen molar-refractivity contribution in [2.75, 3.05) is 13.2 Å². The van der Waals surface area contributed by atoms with Crippen molar-refractivity contribution in [3.8, 4) is 0 Å². The number of fused-ring (bicyclic) bond motifs is 2. The van der Waals surface area contributed by atoms with E-state index < -0.39 is 17.7 Å². The molecular formula is C20H20N6O5. The molecular weight excluding hydrogens is 404 g/mol. The average molecular weight is 424 g/mol. The number of nitrogens with zero attached hydrogens (tertiary/aromatic N) is 6. The van der Waals surface area contributed by atoms with Crippen molar-refractivity contribution in [1.82, 2.24) is 29.2 Å². The number of ketones is 1. The molecule has 160 valence electrons. The van der Waals surface area contributed by atoms with E-state index in [0.29, 0.717) is 17.9 Å². The molecule has 4 aromatic rings. The van der Waals surface area contributed by atoms with Gasteiger partial charge in [0, 0.05) is 12.4 Å². The fraction of sp³-hybridized carbons (Fsp3) is 0.250. The maximum Gasteiger partial charge on any atom is 0.378 e. The van der Waals surface area contributed by atoms with Crippen LogP contribution in [0.25, 0.3) is 11.3 Å². The van der Waals surface area contributed by atoms with Crippen LogP contribution in [0.5, 0.6) is 0 Å². The van der Waals surface area contributed by atoms with E-state index in [9.17, 15) is 14.4 Å². The molecule has 11 nitrogen and oxygen atoms in total. The highest BCUT2D eigenvalue weighted by Gasteiger charge is 2.17. The van der Waals surface area contributed by atoms with Crippen molar-refractivity contribution in [2.45, 2.75) is 20.3 Å². The van der Waals surface area contributed by atoms with Crippen LogP contribution in [-0.2, 0) is 14.3 Å². The smallest absolute Gasteiger partial charge is 0.378 e. The molecule has 4 rings (SSSR count). The maximum atomic E-state index is 11.7. The zero-order valence-corrected chi connectivity index (χ0v) is 17.0. The Morgan fingerprint density at radius 3 is 1.90 bits per heavy atom. The molecule has 0 radical (unpaired) electrons. The lowest BCUT2D eigenvalue weighted by atomic mass is 10.3. The number of esters is 2. The van der Waals surface area contributed by atoms with Crippen LogP contribution in [0.2, 0.25) is 0 Å². The molecule has 0 aliphatic rings. The fourth-order valence-electron chi connectivity index (χ4n) is 2.49. The molecule has 0 aliphatic heterocycles. The Hall–Kier alpha value is -4.15. The number of carbonyl (C=O) groups excluding carboxylic acids is 3. The summed E-state index contributed by atoms with van der Waals surface area (Å²) >= 11 is 0. The normalized spacial score (nSPS) is 10.4. The van der Waals surface area contributed by atoms with E-state index in [2.05, 4.69) is 24.9 Å². The molecule has 0 spiro atoms. The molecule has 0 fully saturated rings. The quantitative estimate of drug-likeness (QED) is 0.258. The number of pyridine rings is 2. The van der Waals surface area contributed by atoms with Gasteiger partial charge in [-0.2, -0.15) is 0 Å². The summed E-state index contributed by atoms with van der Waals surface area (Å²) in [6, 6.07) is 10.7. The van der Waals surface area contributed by atoms with Crippen LogP contribution in [0.4, 0.5) is 0 Å². The third kappa shape index (κ3) is 5.47. The van der Waals surface area contributed by atoms with Gasteiger partial charge in [-0.25, -0.2) is 23.8 Å².